The Labute approximate surface area is 251 Å². The number of amides is 2. The van der Waals surface area contributed by atoms with Crippen molar-refractivity contribution in [1.82, 2.24) is 10.2 Å². The number of carbonyl (C=O) groups is 2. The van der Waals surface area contributed by atoms with Crippen LogP contribution in [-0.2, 0) is 32.6 Å². The highest BCUT2D eigenvalue weighted by Crippen LogP contribution is 2.24. The molecule has 3 aromatic carbocycles. The van der Waals surface area contributed by atoms with E-state index in [1.54, 1.807) is 29.2 Å². The predicted octanol–water partition coefficient (Wildman–Crippen LogP) is 5.17. The molecule has 3 rings (SSSR count). The molecule has 0 heterocycles. The van der Waals surface area contributed by atoms with Gasteiger partial charge in [0.05, 0.1) is 19.1 Å². The first kappa shape index (κ1) is 32.1. The second kappa shape index (κ2) is 15.0. The van der Waals surface area contributed by atoms with E-state index in [4.69, 9.17) is 4.74 Å². The van der Waals surface area contributed by atoms with Crippen LogP contribution in [0.25, 0.3) is 0 Å². The fourth-order valence-electron chi connectivity index (χ4n) is 4.49. The van der Waals surface area contributed by atoms with Gasteiger partial charge < -0.3 is 15.0 Å². The number of nitrogens with one attached hydrogen (secondary N) is 1. The van der Waals surface area contributed by atoms with E-state index in [9.17, 15) is 18.0 Å². The van der Waals surface area contributed by atoms with Gasteiger partial charge >= 0.3 is 0 Å². The van der Waals surface area contributed by atoms with Crippen LogP contribution in [0.2, 0.25) is 0 Å². The quantitative estimate of drug-likeness (QED) is 0.262. The molecule has 0 bridgehead atoms. The Hall–Kier alpha value is -3.37. The van der Waals surface area contributed by atoms with Crippen molar-refractivity contribution in [2.75, 3.05) is 24.2 Å². The molecule has 0 aromatic heterocycles. The van der Waals surface area contributed by atoms with Crippen LogP contribution in [-0.4, -0.2) is 57.1 Å². The lowest BCUT2D eigenvalue weighted by atomic mass is 10.0. The SMILES string of the molecule is COc1cccc(N(CCCC(=O)N(Cc2ccc(Br)cc2)C(Cc2ccccc2)C(=O)NC(C)C)S(C)(=O)=O)c1. The first-order valence-corrected chi connectivity index (χ1v) is 16.1. The number of ether oxygens (including phenoxy) is 1. The molecular weight excluding hydrogens is 606 g/mol. The van der Waals surface area contributed by atoms with Crippen LogP contribution < -0.4 is 14.4 Å². The van der Waals surface area contributed by atoms with E-state index in [2.05, 4.69) is 21.2 Å². The molecule has 8 nitrogen and oxygen atoms in total. The fraction of sp³-hybridized carbons (Fsp3) is 0.355. The summed E-state index contributed by atoms with van der Waals surface area (Å²) >= 11 is 3.45. The van der Waals surface area contributed by atoms with Gasteiger partial charge in [-0.05, 0) is 55.7 Å². The molecule has 0 spiro atoms. The number of carbonyl (C=O) groups excluding carboxylic acids is 2. The minimum Gasteiger partial charge on any atom is -0.497 e. The van der Waals surface area contributed by atoms with Crippen LogP contribution in [0, 0.1) is 0 Å². The van der Waals surface area contributed by atoms with E-state index in [1.807, 2.05) is 68.4 Å². The lowest BCUT2D eigenvalue weighted by Gasteiger charge is -2.32. The molecule has 1 atom stereocenters. The average Bonchev–Trinajstić information content (AvgIpc) is 2.93. The topological polar surface area (TPSA) is 96.0 Å². The third-order valence-electron chi connectivity index (χ3n) is 6.46. The van der Waals surface area contributed by atoms with Crippen molar-refractivity contribution in [1.29, 1.82) is 0 Å². The van der Waals surface area contributed by atoms with Gasteiger partial charge in [0.2, 0.25) is 21.8 Å². The summed E-state index contributed by atoms with van der Waals surface area (Å²) in [6, 6.07) is 23.2. The van der Waals surface area contributed by atoms with Crippen LogP contribution in [0.15, 0.2) is 83.3 Å². The minimum absolute atomic E-state index is 0.0623. The Morgan fingerprint density at radius 3 is 2.24 bits per heavy atom. The van der Waals surface area contributed by atoms with E-state index in [0.717, 1.165) is 21.9 Å². The Kier molecular flexibility index (Phi) is 11.8. The first-order valence-electron chi connectivity index (χ1n) is 13.5. The predicted molar refractivity (Wildman–Crippen MR) is 166 cm³/mol. The van der Waals surface area contributed by atoms with Gasteiger partial charge in [-0.15, -0.1) is 0 Å². The lowest BCUT2D eigenvalue weighted by molar-refractivity contribution is -0.141. The molecule has 0 saturated carbocycles. The maximum Gasteiger partial charge on any atom is 0.243 e. The van der Waals surface area contributed by atoms with Crippen molar-refractivity contribution in [3.05, 3.63) is 94.5 Å². The zero-order valence-corrected chi connectivity index (χ0v) is 26.3. The Balaban J connectivity index is 1.88. The molecule has 3 aromatic rings. The molecule has 10 heteroatoms. The summed E-state index contributed by atoms with van der Waals surface area (Å²) in [5.41, 5.74) is 2.28. The van der Waals surface area contributed by atoms with Gasteiger partial charge in [0.15, 0.2) is 0 Å². The van der Waals surface area contributed by atoms with E-state index >= 15 is 0 Å². The second-order valence-electron chi connectivity index (χ2n) is 10.2. The zero-order chi connectivity index (χ0) is 30.0. The van der Waals surface area contributed by atoms with Gasteiger partial charge in [-0.2, -0.15) is 0 Å². The number of nitrogens with zero attached hydrogens (tertiary/aromatic N) is 2. The normalized spacial score (nSPS) is 12.0. The number of anilines is 1. The van der Waals surface area contributed by atoms with Gasteiger partial charge in [-0.25, -0.2) is 8.42 Å². The van der Waals surface area contributed by atoms with Gasteiger partial charge in [-0.1, -0.05) is 64.5 Å². The molecular formula is C31H38BrN3O5S. The third-order valence-corrected chi connectivity index (χ3v) is 8.18. The maximum atomic E-state index is 13.9. The zero-order valence-electron chi connectivity index (χ0n) is 23.9. The number of benzene rings is 3. The molecule has 0 saturated heterocycles. The Morgan fingerprint density at radius 2 is 1.63 bits per heavy atom. The molecule has 0 fully saturated rings. The molecule has 0 radical (unpaired) electrons. The van der Waals surface area contributed by atoms with Gasteiger partial charge in [-0.3, -0.25) is 13.9 Å². The molecule has 41 heavy (non-hydrogen) atoms. The summed E-state index contributed by atoms with van der Waals surface area (Å²) in [5, 5.41) is 2.98. The fourth-order valence-corrected chi connectivity index (χ4v) is 5.71. The standard InChI is InChI=1S/C31H38BrN3O5S/c1-23(2)33-31(37)29(20-24-10-6-5-7-11-24)34(22-25-15-17-26(32)18-16-25)30(36)14-9-19-35(41(4,38)39)27-12-8-13-28(21-27)40-3/h5-8,10-13,15-18,21,23,29H,9,14,19-20,22H2,1-4H3,(H,33,37). The van der Waals surface area contributed by atoms with Crippen molar-refractivity contribution in [2.24, 2.45) is 0 Å². The number of halogens is 1. The summed E-state index contributed by atoms with van der Waals surface area (Å²) in [7, 11) is -2.10. The summed E-state index contributed by atoms with van der Waals surface area (Å²) < 4.78 is 32.7. The molecule has 0 aliphatic carbocycles. The number of rotatable bonds is 14. The Bertz CT molecular complexity index is 1400. The van der Waals surface area contributed by atoms with Crippen molar-refractivity contribution < 1.29 is 22.7 Å². The Morgan fingerprint density at radius 1 is 0.951 bits per heavy atom. The molecule has 2 amide bonds. The summed E-state index contributed by atoms with van der Waals surface area (Å²) in [5.74, 6) is 0.0723. The van der Waals surface area contributed by atoms with E-state index in [1.165, 1.54) is 11.4 Å². The van der Waals surface area contributed by atoms with Crippen LogP contribution in [0.4, 0.5) is 5.69 Å². The first-order chi connectivity index (χ1) is 19.5. The van der Waals surface area contributed by atoms with E-state index in [-0.39, 0.29) is 43.8 Å². The van der Waals surface area contributed by atoms with Crippen molar-refractivity contribution >= 4 is 43.5 Å². The molecule has 220 valence electrons. The summed E-state index contributed by atoms with van der Waals surface area (Å²) in [4.78, 5) is 29.0. The monoisotopic (exact) mass is 643 g/mol. The van der Waals surface area contributed by atoms with Crippen LogP contribution in [0.1, 0.15) is 37.8 Å². The van der Waals surface area contributed by atoms with Crippen LogP contribution in [0.5, 0.6) is 5.75 Å². The third kappa shape index (κ3) is 9.89. The minimum atomic E-state index is -3.61. The highest BCUT2D eigenvalue weighted by atomic mass is 79.9. The van der Waals surface area contributed by atoms with Gasteiger partial charge in [0.25, 0.3) is 0 Å². The van der Waals surface area contributed by atoms with E-state index < -0.39 is 16.1 Å². The summed E-state index contributed by atoms with van der Waals surface area (Å²) in [6.07, 6.45) is 1.82. The largest absolute Gasteiger partial charge is 0.497 e. The van der Waals surface area contributed by atoms with Gasteiger partial charge in [0.1, 0.15) is 11.8 Å². The summed E-state index contributed by atoms with van der Waals surface area (Å²) in [6.45, 7) is 4.11. The van der Waals surface area contributed by atoms with Crippen molar-refractivity contribution in [3.8, 4) is 5.75 Å². The maximum absolute atomic E-state index is 13.9. The van der Waals surface area contributed by atoms with Crippen LogP contribution >= 0.6 is 15.9 Å². The van der Waals surface area contributed by atoms with Gasteiger partial charge in [0, 0.05) is 42.5 Å². The number of sulfonamides is 1. The molecule has 1 N–H and O–H groups in total. The number of hydrogen-bond donors (Lipinski definition) is 1. The molecule has 1 unspecified atom stereocenters. The van der Waals surface area contributed by atoms with Crippen molar-refractivity contribution in [3.63, 3.8) is 0 Å². The average molecular weight is 645 g/mol. The smallest absolute Gasteiger partial charge is 0.243 e. The second-order valence-corrected chi connectivity index (χ2v) is 13.0. The molecule has 0 aliphatic heterocycles. The highest BCUT2D eigenvalue weighted by Gasteiger charge is 2.31. The lowest BCUT2D eigenvalue weighted by Crippen LogP contribution is -2.51. The van der Waals surface area contributed by atoms with Crippen LogP contribution in [0.3, 0.4) is 0 Å². The number of methoxy groups -OCH3 is 1. The number of hydrogen-bond acceptors (Lipinski definition) is 5. The van der Waals surface area contributed by atoms with E-state index in [0.29, 0.717) is 17.9 Å². The highest BCUT2D eigenvalue weighted by molar-refractivity contribution is 9.10. The molecule has 0 aliphatic rings. The van der Waals surface area contributed by atoms with Crippen molar-refractivity contribution in [2.45, 2.75) is 51.7 Å².